The first-order valence-electron chi connectivity index (χ1n) is 9.66. The van der Waals surface area contributed by atoms with Crippen molar-refractivity contribution < 1.29 is 14.3 Å². The second-order valence-corrected chi connectivity index (χ2v) is 6.58. The molecule has 1 atom stereocenters. The Labute approximate surface area is 157 Å². The molecule has 2 rings (SSSR count). The van der Waals surface area contributed by atoms with Crippen molar-refractivity contribution in [1.82, 2.24) is 0 Å². The van der Waals surface area contributed by atoms with Crippen LogP contribution >= 0.6 is 0 Å². The third kappa shape index (κ3) is 6.21. The number of hydrogen-bond donors (Lipinski definition) is 0. The summed E-state index contributed by atoms with van der Waals surface area (Å²) in [7, 11) is 0. The summed E-state index contributed by atoms with van der Waals surface area (Å²) in [6, 6.07) is 16.4. The Morgan fingerprint density at radius 1 is 0.885 bits per heavy atom. The van der Waals surface area contributed by atoms with Gasteiger partial charge in [-0.1, -0.05) is 63.1 Å². The number of benzene rings is 2. The normalized spacial score (nSPS) is 11.8. The molecule has 140 valence electrons. The van der Waals surface area contributed by atoms with E-state index in [1.165, 1.54) is 0 Å². The molecule has 0 heterocycles. The molecule has 1 unspecified atom stereocenters. The van der Waals surface area contributed by atoms with Crippen LogP contribution in [0.25, 0.3) is 11.1 Å². The highest BCUT2D eigenvalue weighted by Gasteiger charge is 2.11. The molecule has 3 heteroatoms. The van der Waals surface area contributed by atoms with Gasteiger partial charge in [0.25, 0.3) is 0 Å². The van der Waals surface area contributed by atoms with Gasteiger partial charge in [0, 0.05) is 6.42 Å². The van der Waals surface area contributed by atoms with Crippen LogP contribution in [0.4, 0.5) is 0 Å². The molecule has 0 fully saturated rings. The fraction of sp³-hybridized carbons (Fsp3) is 0.435. The molecular weight excluding hydrogens is 324 g/mol. The predicted octanol–water partition coefficient (Wildman–Crippen LogP) is 6.33. The zero-order valence-electron chi connectivity index (χ0n) is 16.2. The molecular formula is C23H30O3. The summed E-state index contributed by atoms with van der Waals surface area (Å²) >= 11 is 0. The standard InChI is InChI=1S/C23H30O3/c1-4-6-8-23(24)26-18(3)19-9-11-20(12-10-19)21-13-15-22(16-14-21)25-17-7-5-2/h9-16,18H,4-8,17H2,1-3H3. The number of rotatable bonds is 10. The van der Waals surface area contributed by atoms with Crippen molar-refractivity contribution in [1.29, 1.82) is 0 Å². The molecule has 0 spiro atoms. The summed E-state index contributed by atoms with van der Waals surface area (Å²) in [5, 5.41) is 0. The number of ether oxygens (including phenoxy) is 2. The molecule has 0 saturated heterocycles. The Morgan fingerprint density at radius 2 is 1.46 bits per heavy atom. The second-order valence-electron chi connectivity index (χ2n) is 6.58. The van der Waals surface area contributed by atoms with Crippen LogP contribution in [-0.4, -0.2) is 12.6 Å². The number of carbonyl (C=O) groups excluding carboxylic acids is 1. The molecule has 2 aromatic rings. The van der Waals surface area contributed by atoms with Gasteiger partial charge in [-0.15, -0.1) is 0 Å². The fourth-order valence-electron chi connectivity index (χ4n) is 2.67. The Kier molecular flexibility index (Phi) is 8.20. The highest BCUT2D eigenvalue weighted by atomic mass is 16.5. The van der Waals surface area contributed by atoms with Crippen molar-refractivity contribution >= 4 is 5.97 Å². The van der Waals surface area contributed by atoms with Crippen LogP contribution in [0.2, 0.25) is 0 Å². The monoisotopic (exact) mass is 354 g/mol. The van der Waals surface area contributed by atoms with Gasteiger partial charge in [0.05, 0.1) is 6.61 Å². The van der Waals surface area contributed by atoms with Crippen molar-refractivity contribution in [3.8, 4) is 16.9 Å². The largest absolute Gasteiger partial charge is 0.494 e. The molecule has 0 N–H and O–H groups in total. The van der Waals surface area contributed by atoms with Gasteiger partial charge in [0.1, 0.15) is 11.9 Å². The minimum absolute atomic E-state index is 0.123. The molecule has 2 aromatic carbocycles. The quantitative estimate of drug-likeness (QED) is 0.369. The highest BCUT2D eigenvalue weighted by molar-refractivity contribution is 5.69. The van der Waals surface area contributed by atoms with Gasteiger partial charge in [0.2, 0.25) is 0 Å². The lowest BCUT2D eigenvalue weighted by Gasteiger charge is -2.14. The van der Waals surface area contributed by atoms with Gasteiger partial charge in [-0.3, -0.25) is 4.79 Å². The van der Waals surface area contributed by atoms with Crippen molar-refractivity contribution in [3.05, 3.63) is 54.1 Å². The SMILES string of the molecule is CCCCOc1ccc(-c2ccc(C(C)OC(=O)CCCC)cc2)cc1. The van der Waals surface area contributed by atoms with E-state index >= 15 is 0 Å². The zero-order valence-corrected chi connectivity index (χ0v) is 16.2. The maximum atomic E-state index is 11.8. The van der Waals surface area contributed by atoms with E-state index in [0.29, 0.717) is 6.42 Å². The van der Waals surface area contributed by atoms with Gasteiger partial charge in [0.15, 0.2) is 0 Å². The lowest BCUT2D eigenvalue weighted by Crippen LogP contribution is -2.08. The summed E-state index contributed by atoms with van der Waals surface area (Å²) < 4.78 is 11.2. The maximum absolute atomic E-state index is 11.8. The lowest BCUT2D eigenvalue weighted by atomic mass is 10.0. The topological polar surface area (TPSA) is 35.5 Å². The van der Waals surface area contributed by atoms with Crippen molar-refractivity contribution in [2.75, 3.05) is 6.61 Å². The van der Waals surface area contributed by atoms with Gasteiger partial charge < -0.3 is 9.47 Å². The van der Waals surface area contributed by atoms with Crippen LogP contribution in [0.5, 0.6) is 5.75 Å². The van der Waals surface area contributed by atoms with E-state index in [9.17, 15) is 4.79 Å². The van der Waals surface area contributed by atoms with Gasteiger partial charge in [-0.05, 0) is 48.6 Å². The molecule has 0 aliphatic rings. The van der Waals surface area contributed by atoms with Crippen molar-refractivity contribution in [3.63, 3.8) is 0 Å². The van der Waals surface area contributed by atoms with E-state index in [2.05, 4.69) is 38.1 Å². The van der Waals surface area contributed by atoms with Crippen molar-refractivity contribution in [2.24, 2.45) is 0 Å². The molecule has 0 saturated carbocycles. The molecule has 26 heavy (non-hydrogen) atoms. The van der Waals surface area contributed by atoms with Crippen LogP contribution in [0, 0.1) is 0 Å². The van der Waals surface area contributed by atoms with Crippen LogP contribution in [0.15, 0.2) is 48.5 Å². The molecule has 0 aromatic heterocycles. The summed E-state index contributed by atoms with van der Waals surface area (Å²) in [6.07, 6.45) is 4.36. The smallest absolute Gasteiger partial charge is 0.306 e. The number of carbonyl (C=O) groups is 1. The zero-order chi connectivity index (χ0) is 18.8. The van der Waals surface area contributed by atoms with E-state index < -0.39 is 0 Å². The molecule has 0 bridgehead atoms. The van der Waals surface area contributed by atoms with E-state index in [0.717, 1.165) is 54.7 Å². The average Bonchev–Trinajstić information content (AvgIpc) is 2.67. The number of hydrogen-bond acceptors (Lipinski definition) is 3. The van der Waals surface area contributed by atoms with E-state index in [1.807, 2.05) is 31.2 Å². The molecule has 0 amide bonds. The van der Waals surface area contributed by atoms with Gasteiger partial charge in [-0.25, -0.2) is 0 Å². The fourth-order valence-corrected chi connectivity index (χ4v) is 2.67. The van der Waals surface area contributed by atoms with E-state index in [-0.39, 0.29) is 12.1 Å². The first kappa shape index (κ1) is 20.0. The summed E-state index contributed by atoms with van der Waals surface area (Å²) in [4.78, 5) is 11.8. The summed E-state index contributed by atoms with van der Waals surface area (Å²) in [6.45, 7) is 6.91. The average molecular weight is 354 g/mol. The summed E-state index contributed by atoms with van der Waals surface area (Å²) in [5.41, 5.74) is 3.29. The van der Waals surface area contributed by atoms with Gasteiger partial charge in [-0.2, -0.15) is 0 Å². The predicted molar refractivity (Wildman–Crippen MR) is 106 cm³/mol. The molecule has 0 radical (unpaired) electrons. The minimum atomic E-state index is -0.220. The van der Waals surface area contributed by atoms with Gasteiger partial charge >= 0.3 is 5.97 Å². The Hall–Kier alpha value is -2.29. The maximum Gasteiger partial charge on any atom is 0.306 e. The number of esters is 1. The Morgan fingerprint density at radius 3 is 2.04 bits per heavy atom. The molecule has 0 aliphatic heterocycles. The van der Waals surface area contributed by atoms with Crippen molar-refractivity contribution in [2.45, 2.75) is 59.0 Å². The molecule has 0 aliphatic carbocycles. The highest BCUT2D eigenvalue weighted by Crippen LogP contribution is 2.25. The number of unbranched alkanes of at least 4 members (excludes halogenated alkanes) is 2. The lowest BCUT2D eigenvalue weighted by molar-refractivity contribution is -0.148. The van der Waals surface area contributed by atoms with Crippen LogP contribution in [0.1, 0.15) is 64.5 Å². The third-order valence-electron chi connectivity index (χ3n) is 4.38. The molecule has 3 nitrogen and oxygen atoms in total. The summed E-state index contributed by atoms with van der Waals surface area (Å²) in [5.74, 6) is 0.786. The van der Waals surface area contributed by atoms with Crippen LogP contribution in [0.3, 0.4) is 0 Å². The van der Waals surface area contributed by atoms with E-state index in [4.69, 9.17) is 9.47 Å². The Bertz CT molecular complexity index is 659. The Balaban J connectivity index is 1.94. The first-order valence-corrected chi connectivity index (χ1v) is 9.66. The first-order chi connectivity index (χ1) is 12.6. The van der Waals surface area contributed by atoms with Crippen LogP contribution in [-0.2, 0) is 9.53 Å². The minimum Gasteiger partial charge on any atom is -0.494 e. The van der Waals surface area contributed by atoms with E-state index in [1.54, 1.807) is 0 Å². The third-order valence-corrected chi connectivity index (χ3v) is 4.38. The second kappa shape index (κ2) is 10.6. The van der Waals surface area contributed by atoms with Crippen LogP contribution < -0.4 is 4.74 Å².